The fraction of sp³-hybridized carbons (Fsp3) is 0.429. The van der Waals surface area contributed by atoms with E-state index < -0.39 is 17.7 Å². The molecule has 1 saturated heterocycles. The molecule has 2 aliphatic rings. The van der Waals surface area contributed by atoms with E-state index in [1.165, 1.54) is 0 Å². The van der Waals surface area contributed by atoms with Crippen LogP contribution < -0.4 is 4.74 Å². The van der Waals surface area contributed by atoms with Crippen molar-refractivity contribution in [2.45, 2.75) is 70.9 Å². The number of carbonyl (C=O) groups excluding carboxylic acids is 2. The van der Waals surface area contributed by atoms with Gasteiger partial charge in [-0.05, 0) is 61.1 Å². The van der Waals surface area contributed by atoms with Crippen LogP contribution in [-0.2, 0) is 15.0 Å². The van der Waals surface area contributed by atoms with E-state index >= 15 is 0 Å². The smallest absolute Gasteiger partial charge is 0.295 e. The quantitative estimate of drug-likeness (QED) is 0.305. The number of Topliss-reactive ketones (excluding diaryl/α,β-unsaturated/α-hetero) is 1. The summed E-state index contributed by atoms with van der Waals surface area (Å²) in [4.78, 5) is 28.3. The molecule has 1 aliphatic heterocycles. The largest absolute Gasteiger partial charge is 0.507 e. The van der Waals surface area contributed by atoms with Gasteiger partial charge in [-0.3, -0.25) is 9.59 Å². The summed E-state index contributed by atoms with van der Waals surface area (Å²) in [6.07, 6.45) is 3.76. The number of aliphatic hydroxyl groups excluding tert-OH is 1. The lowest BCUT2D eigenvalue weighted by molar-refractivity contribution is -0.141. The highest BCUT2D eigenvalue weighted by Gasteiger charge is 2.49. The first-order chi connectivity index (χ1) is 16.1. The van der Waals surface area contributed by atoms with Gasteiger partial charge in [0, 0.05) is 22.2 Å². The van der Waals surface area contributed by atoms with Gasteiger partial charge in [-0.2, -0.15) is 0 Å². The summed E-state index contributed by atoms with van der Waals surface area (Å²) in [5.74, 6) is -0.606. The topological polar surface area (TPSA) is 66.8 Å². The van der Waals surface area contributed by atoms with Gasteiger partial charge >= 0.3 is 0 Å². The Morgan fingerprint density at radius 3 is 2.32 bits per heavy atom. The van der Waals surface area contributed by atoms with E-state index in [9.17, 15) is 14.7 Å². The highest BCUT2D eigenvalue weighted by molar-refractivity contribution is 6.46. The molecule has 2 aromatic rings. The van der Waals surface area contributed by atoms with Crippen molar-refractivity contribution in [1.82, 2.24) is 4.90 Å². The Morgan fingerprint density at radius 1 is 1.09 bits per heavy atom. The van der Waals surface area contributed by atoms with Gasteiger partial charge in [0.25, 0.3) is 11.7 Å². The summed E-state index contributed by atoms with van der Waals surface area (Å²) in [6.45, 7) is 8.67. The Balaban J connectivity index is 1.89. The predicted octanol–water partition coefficient (Wildman–Crippen LogP) is 6.40. The Kier molecular flexibility index (Phi) is 6.77. The van der Waals surface area contributed by atoms with Gasteiger partial charge in [-0.25, -0.2) is 0 Å². The minimum Gasteiger partial charge on any atom is -0.507 e. The predicted molar refractivity (Wildman–Crippen MR) is 134 cm³/mol. The molecule has 1 aliphatic carbocycles. The van der Waals surface area contributed by atoms with Crippen LogP contribution in [0.3, 0.4) is 0 Å². The maximum absolute atomic E-state index is 13.3. The zero-order valence-corrected chi connectivity index (χ0v) is 21.0. The summed E-state index contributed by atoms with van der Waals surface area (Å²) in [6, 6.07) is 11.9. The van der Waals surface area contributed by atoms with Crippen molar-refractivity contribution in [1.29, 1.82) is 0 Å². The number of hydrogen-bond donors (Lipinski definition) is 1. The summed E-state index contributed by atoms with van der Waals surface area (Å²) in [5, 5.41) is 12.1. The zero-order valence-electron chi connectivity index (χ0n) is 20.2. The summed E-state index contributed by atoms with van der Waals surface area (Å²) in [7, 11) is 0. The maximum atomic E-state index is 13.3. The third kappa shape index (κ3) is 4.46. The number of halogens is 1. The lowest BCUT2D eigenvalue weighted by atomic mass is 9.84. The molecular formula is C28H32ClNO4. The van der Waals surface area contributed by atoms with E-state index in [0.717, 1.165) is 42.6 Å². The van der Waals surface area contributed by atoms with Crippen molar-refractivity contribution in [2.24, 2.45) is 0 Å². The molecule has 1 heterocycles. The van der Waals surface area contributed by atoms with E-state index in [1.54, 1.807) is 23.1 Å². The molecule has 1 amide bonds. The first-order valence-corrected chi connectivity index (χ1v) is 12.3. The first-order valence-electron chi connectivity index (χ1n) is 12.0. The average Bonchev–Trinajstić information content (AvgIpc) is 3.40. The van der Waals surface area contributed by atoms with Gasteiger partial charge in [0.2, 0.25) is 0 Å². The molecule has 1 unspecified atom stereocenters. The van der Waals surface area contributed by atoms with Crippen molar-refractivity contribution < 1.29 is 19.4 Å². The number of ether oxygens (including phenoxy) is 1. The van der Waals surface area contributed by atoms with Crippen molar-refractivity contribution in [3.63, 3.8) is 0 Å². The molecule has 1 N–H and O–H groups in total. The Labute approximate surface area is 206 Å². The normalized spacial score (nSPS) is 20.9. The van der Waals surface area contributed by atoms with Gasteiger partial charge in [0.15, 0.2) is 0 Å². The summed E-state index contributed by atoms with van der Waals surface area (Å²) < 4.78 is 5.81. The van der Waals surface area contributed by atoms with Crippen molar-refractivity contribution >= 4 is 29.1 Å². The number of aliphatic hydroxyl groups is 1. The Bertz CT molecular complexity index is 1120. The van der Waals surface area contributed by atoms with E-state index in [0.29, 0.717) is 17.2 Å². The molecule has 2 aromatic carbocycles. The third-order valence-corrected chi connectivity index (χ3v) is 7.00. The van der Waals surface area contributed by atoms with Crippen molar-refractivity contribution in [3.8, 4) is 5.75 Å². The highest BCUT2D eigenvalue weighted by atomic mass is 35.5. The molecule has 2 fully saturated rings. The third-order valence-electron chi connectivity index (χ3n) is 6.74. The summed E-state index contributed by atoms with van der Waals surface area (Å²) in [5.41, 5.74) is 2.07. The van der Waals surface area contributed by atoms with Crippen LogP contribution in [0.1, 0.15) is 76.1 Å². The van der Waals surface area contributed by atoms with Crippen LogP contribution in [0.5, 0.6) is 5.75 Å². The molecule has 0 radical (unpaired) electrons. The van der Waals surface area contributed by atoms with Crippen LogP contribution in [0.4, 0.5) is 0 Å². The van der Waals surface area contributed by atoms with Crippen molar-refractivity contribution in [3.05, 3.63) is 69.8 Å². The fourth-order valence-electron chi connectivity index (χ4n) is 5.08. The van der Waals surface area contributed by atoms with Crippen LogP contribution in [0.25, 0.3) is 5.76 Å². The second-order valence-electron chi connectivity index (χ2n) is 10.1. The molecule has 1 saturated carbocycles. The molecule has 5 nitrogen and oxygen atoms in total. The second kappa shape index (κ2) is 9.46. The van der Waals surface area contributed by atoms with Crippen molar-refractivity contribution in [2.75, 3.05) is 6.61 Å². The van der Waals surface area contributed by atoms with E-state index in [2.05, 4.69) is 20.8 Å². The Morgan fingerprint density at radius 2 is 1.74 bits per heavy atom. The van der Waals surface area contributed by atoms with Crippen LogP contribution in [0.15, 0.2) is 48.0 Å². The molecule has 4 rings (SSSR count). The van der Waals surface area contributed by atoms with Gasteiger partial charge in [0.1, 0.15) is 11.5 Å². The fourth-order valence-corrected chi connectivity index (χ4v) is 5.21. The van der Waals surface area contributed by atoms with Gasteiger partial charge in [-0.1, -0.05) is 57.3 Å². The standard InChI is InChI=1S/C28H32ClNO4/c1-5-34-22-15-12-18(16-21(22)28(2,3)4)25(31)23-24(17-10-13-19(29)14-11-17)30(27(33)26(23)32)20-8-6-7-9-20/h10-16,20,24,31H,5-9H2,1-4H3/b25-23-. The summed E-state index contributed by atoms with van der Waals surface area (Å²) >= 11 is 6.11. The molecule has 0 aromatic heterocycles. The number of benzene rings is 2. The minimum atomic E-state index is -0.648. The minimum absolute atomic E-state index is 0.0205. The number of nitrogens with zero attached hydrogens (tertiary/aromatic N) is 1. The van der Waals surface area contributed by atoms with Gasteiger partial charge in [0.05, 0.1) is 18.2 Å². The number of hydrogen-bond acceptors (Lipinski definition) is 4. The lowest BCUT2D eigenvalue weighted by Crippen LogP contribution is -2.37. The number of rotatable bonds is 5. The van der Waals surface area contributed by atoms with Crippen LogP contribution in [0, 0.1) is 0 Å². The molecule has 1 atom stereocenters. The SMILES string of the molecule is CCOc1ccc(/C(O)=C2/C(=O)C(=O)N(C3CCCC3)C2c2ccc(Cl)cc2)cc1C(C)(C)C. The average molecular weight is 482 g/mol. The highest BCUT2D eigenvalue weighted by Crippen LogP contribution is 2.44. The molecule has 0 spiro atoms. The molecule has 6 heteroatoms. The van der Waals surface area contributed by atoms with Crippen LogP contribution in [0.2, 0.25) is 5.02 Å². The van der Waals surface area contributed by atoms with E-state index in [4.69, 9.17) is 16.3 Å². The van der Waals surface area contributed by atoms with Gasteiger partial charge < -0.3 is 14.7 Å². The van der Waals surface area contributed by atoms with Crippen LogP contribution >= 0.6 is 11.6 Å². The van der Waals surface area contributed by atoms with Gasteiger partial charge in [-0.15, -0.1) is 0 Å². The van der Waals surface area contributed by atoms with E-state index in [1.807, 2.05) is 31.2 Å². The monoisotopic (exact) mass is 481 g/mol. The zero-order chi connectivity index (χ0) is 24.6. The molecular weight excluding hydrogens is 450 g/mol. The van der Waals surface area contributed by atoms with E-state index in [-0.39, 0.29) is 22.8 Å². The molecule has 0 bridgehead atoms. The number of carbonyl (C=O) groups is 2. The Hall–Kier alpha value is -2.79. The van der Waals surface area contributed by atoms with Crippen LogP contribution in [-0.4, -0.2) is 34.3 Å². The number of ketones is 1. The molecule has 34 heavy (non-hydrogen) atoms. The molecule has 180 valence electrons. The second-order valence-corrected chi connectivity index (χ2v) is 10.5. The first kappa shape index (κ1) is 24.3. The number of likely N-dealkylation sites (tertiary alicyclic amines) is 1. The lowest BCUT2D eigenvalue weighted by Gasteiger charge is -2.31. The maximum Gasteiger partial charge on any atom is 0.295 e. The number of amides is 1.